The van der Waals surface area contributed by atoms with Gasteiger partial charge in [-0.1, -0.05) is 6.07 Å². The number of nitrogens with one attached hydrogen (secondary N) is 2. The van der Waals surface area contributed by atoms with Crippen molar-refractivity contribution in [3.8, 4) is 0 Å². The summed E-state index contributed by atoms with van der Waals surface area (Å²) in [4.78, 5) is 15.9. The van der Waals surface area contributed by atoms with Crippen LogP contribution in [0.2, 0.25) is 0 Å². The highest BCUT2D eigenvalue weighted by Crippen LogP contribution is 2.17. The molecular formula is C16H15N5O3. The molecule has 0 aliphatic carbocycles. The van der Waals surface area contributed by atoms with E-state index in [0.29, 0.717) is 29.6 Å². The summed E-state index contributed by atoms with van der Waals surface area (Å²) < 4.78 is 9.93. The van der Waals surface area contributed by atoms with Crippen molar-refractivity contribution in [2.45, 2.75) is 6.54 Å². The summed E-state index contributed by atoms with van der Waals surface area (Å²) in [6.07, 6.45) is 3.09. The molecule has 24 heavy (non-hydrogen) atoms. The fraction of sp³-hybridized carbons (Fsp3) is 0.125. The van der Waals surface area contributed by atoms with Crippen LogP contribution in [0.5, 0.6) is 0 Å². The molecular weight excluding hydrogens is 310 g/mol. The van der Waals surface area contributed by atoms with Crippen LogP contribution < -0.4 is 10.6 Å². The molecule has 2 heterocycles. The molecule has 1 aromatic carbocycles. The van der Waals surface area contributed by atoms with E-state index in [0.717, 1.165) is 5.76 Å². The molecule has 0 atom stereocenters. The Bertz CT molecular complexity index is 820. The molecule has 8 nitrogen and oxygen atoms in total. The van der Waals surface area contributed by atoms with E-state index in [1.165, 1.54) is 13.3 Å². The minimum atomic E-state index is -0.403. The Morgan fingerprint density at radius 1 is 1.29 bits per heavy atom. The number of hydrogen-bond acceptors (Lipinski definition) is 8. The molecule has 0 aliphatic rings. The van der Waals surface area contributed by atoms with Crippen molar-refractivity contribution in [3.05, 3.63) is 60.2 Å². The number of esters is 1. The fourth-order valence-electron chi connectivity index (χ4n) is 2.01. The van der Waals surface area contributed by atoms with Crippen LogP contribution in [-0.4, -0.2) is 28.3 Å². The highest BCUT2D eigenvalue weighted by atomic mass is 16.5. The molecule has 0 fully saturated rings. The minimum absolute atomic E-state index is 0.362. The van der Waals surface area contributed by atoms with Crippen LogP contribution in [0, 0.1) is 0 Å². The lowest BCUT2D eigenvalue weighted by atomic mass is 10.2. The van der Waals surface area contributed by atoms with Gasteiger partial charge in [0, 0.05) is 5.69 Å². The molecule has 0 saturated heterocycles. The molecule has 3 aromatic rings. The Kier molecular flexibility index (Phi) is 4.66. The number of aromatic nitrogens is 3. The van der Waals surface area contributed by atoms with Crippen molar-refractivity contribution >= 4 is 23.4 Å². The topological polar surface area (TPSA) is 102 Å². The smallest absolute Gasteiger partial charge is 0.337 e. The molecule has 2 N–H and O–H groups in total. The first-order valence-corrected chi connectivity index (χ1v) is 7.16. The third-order valence-electron chi connectivity index (χ3n) is 3.12. The quantitative estimate of drug-likeness (QED) is 0.667. The van der Waals surface area contributed by atoms with Crippen LogP contribution >= 0.6 is 0 Å². The minimum Gasteiger partial charge on any atom is -0.467 e. The second kappa shape index (κ2) is 7.23. The summed E-state index contributed by atoms with van der Waals surface area (Å²) in [5.74, 6) is 1.22. The van der Waals surface area contributed by atoms with Gasteiger partial charge in [0.25, 0.3) is 0 Å². The maximum atomic E-state index is 11.6. The number of anilines is 3. The van der Waals surface area contributed by atoms with Gasteiger partial charge in [0.05, 0.1) is 31.7 Å². The second-order valence-corrected chi connectivity index (χ2v) is 4.80. The summed E-state index contributed by atoms with van der Waals surface area (Å²) in [5.41, 5.74) is 1.14. The maximum absolute atomic E-state index is 11.6. The molecule has 0 aliphatic heterocycles. The average Bonchev–Trinajstić information content (AvgIpc) is 3.13. The molecule has 0 spiro atoms. The zero-order valence-electron chi connectivity index (χ0n) is 12.9. The number of benzene rings is 1. The normalized spacial score (nSPS) is 10.2. The first kappa shape index (κ1) is 15.5. The number of carbonyl (C=O) groups excluding carboxylic acids is 1. The Morgan fingerprint density at radius 2 is 2.21 bits per heavy atom. The summed E-state index contributed by atoms with van der Waals surface area (Å²) >= 11 is 0. The van der Waals surface area contributed by atoms with Crippen molar-refractivity contribution in [3.63, 3.8) is 0 Å². The van der Waals surface area contributed by atoms with Crippen molar-refractivity contribution in [1.29, 1.82) is 0 Å². The lowest BCUT2D eigenvalue weighted by Gasteiger charge is -2.08. The molecule has 0 bridgehead atoms. The van der Waals surface area contributed by atoms with Crippen molar-refractivity contribution < 1.29 is 13.9 Å². The van der Waals surface area contributed by atoms with E-state index in [2.05, 4.69) is 25.8 Å². The molecule has 0 unspecified atom stereocenters. The standard InChI is InChI=1S/C16H15N5O3/c1-23-15(22)11-4-2-5-12(8-11)19-14-10-18-21-16(20-14)17-9-13-6-3-7-24-13/h2-8,10H,9H2,1H3,(H2,17,19,20,21). The second-order valence-electron chi connectivity index (χ2n) is 4.80. The van der Waals surface area contributed by atoms with Crippen LogP contribution in [0.3, 0.4) is 0 Å². The van der Waals surface area contributed by atoms with E-state index in [9.17, 15) is 4.79 Å². The lowest BCUT2D eigenvalue weighted by Crippen LogP contribution is -2.06. The predicted octanol–water partition coefficient (Wildman–Crippen LogP) is 2.61. The van der Waals surface area contributed by atoms with E-state index in [-0.39, 0.29) is 0 Å². The first-order chi connectivity index (χ1) is 11.7. The monoisotopic (exact) mass is 325 g/mol. The van der Waals surface area contributed by atoms with Crippen LogP contribution in [0.4, 0.5) is 17.5 Å². The van der Waals surface area contributed by atoms with E-state index in [4.69, 9.17) is 9.15 Å². The number of nitrogens with zero attached hydrogens (tertiary/aromatic N) is 3. The van der Waals surface area contributed by atoms with Gasteiger partial charge >= 0.3 is 5.97 Å². The molecule has 0 radical (unpaired) electrons. The highest BCUT2D eigenvalue weighted by molar-refractivity contribution is 5.90. The Labute approximate surface area is 137 Å². The Hall–Kier alpha value is -3.42. The summed E-state index contributed by atoms with van der Waals surface area (Å²) in [6.45, 7) is 0.454. The predicted molar refractivity (Wildman–Crippen MR) is 86.9 cm³/mol. The summed E-state index contributed by atoms with van der Waals surface area (Å²) in [7, 11) is 1.34. The van der Waals surface area contributed by atoms with Crippen LogP contribution in [0.25, 0.3) is 0 Å². The van der Waals surface area contributed by atoms with Gasteiger partial charge in [0.1, 0.15) is 5.76 Å². The van der Waals surface area contributed by atoms with Gasteiger partial charge in [-0.05, 0) is 30.3 Å². The van der Waals surface area contributed by atoms with Crippen LogP contribution in [0.15, 0.2) is 53.3 Å². The van der Waals surface area contributed by atoms with Gasteiger partial charge in [0.2, 0.25) is 5.95 Å². The number of furan rings is 1. The number of carbonyl (C=O) groups is 1. The van der Waals surface area contributed by atoms with Gasteiger partial charge in [-0.3, -0.25) is 0 Å². The zero-order chi connectivity index (χ0) is 16.8. The van der Waals surface area contributed by atoms with Gasteiger partial charge < -0.3 is 19.8 Å². The van der Waals surface area contributed by atoms with Crippen LogP contribution in [0.1, 0.15) is 16.1 Å². The highest BCUT2D eigenvalue weighted by Gasteiger charge is 2.07. The van der Waals surface area contributed by atoms with Gasteiger partial charge in [-0.15, -0.1) is 5.10 Å². The Morgan fingerprint density at radius 3 is 3.00 bits per heavy atom. The van der Waals surface area contributed by atoms with Crippen molar-refractivity contribution in [1.82, 2.24) is 15.2 Å². The number of ether oxygens (including phenoxy) is 1. The molecule has 122 valence electrons. The number of methoxy groups -OCH3 is 1. The van der Waals surface area contributed by atoms with Gasteiger partial charge in [-0.25, -0.2) is 4.79 Å². The van der Waals surface area contributed by atoms with Crippen LogP contribution in [-0.2, 0) is 11.3 Å². The first-order valence-electron chi connectivity index (χ1n) is 7.16. The van der Waals surface area contributed by atoms with Crippen molar-refractivity contribution in [2.75, 3.05) is 17.7 Å². The zero-order valence-corrected chi connectivity index (χ0v) is 12.9. The fourth-order valence-corrected chi connectivity index (χ4v) is 2.01. The van der Waals surface area contributed by atoms with Crippen molar-refractivity contribution in [2.24, 2.45) is 0 Å². The molecule has 0 amide bonds. The third-order valence-corrected chi connectivity index (χ3v) is 3.12. The van der Waals surface area contributed by atoms with E-state index >= 15 is 0 Å². The summed E-state index contributed by atoms with van der Waals surface area (Å²) in [5, 5.41) is 13.9. The maximum Gasteiger partial charge on any atom is 0.337 e. The number of rotatable bonds is 6. The summed E-state index contributed by atoms with van der Waals surface area (Å²) in [6, 6.07) is 10.6. The lowest BCUT2D eigenvalue weighted by molar-refractivity contribution is 0.0601. The van der Waals surface area contributed by atoms with Gasteiger partial charge in [-0.2, -0.15) is 10.1 Å². The SMILES string of the molecule is COC(=O)c1cccc(Nc2cnnc(NCc3ccco3)n2)c1. The van der Waals surface area contributed by atoms with E-state index < -0.39 is 5.97 Å². The Balaban J connectivity index is 1.69. The third kappa shape index (κ3) is 3.86. The molecule has 3 rings (SSSR count). The molecule has 2 aromatic heterocycles. The number of hydrogen-bond donors (Lipinski definition) is 2. The molecule has 8 heteroatoms. The molecule has 0 saturated carbocycles. The van der Waals surface area contributed by atoms with E-state index in [1.54, 1.807) is 24.5 Å². The average molecular weight is 325 g/mol. The van der Waals surface area contributed by atoms with E-state index in [1.807, 2.05) is 18.2 Å². The largest absolute Gasteiger partial charge is 0.467 e. The van der Waals surface area contributed by atoms with Gasteiger partial charge in [0.15, 0.2) is 5.82 Å².